The van der Waals surface area contributed by atoms with E-state index < -0.39 is 0 Å². The Bertz CT molecular complexity index is 648. The Morgan fingerprint density at radius 2 is 1.76 bits per heavy atom. The molecule has 2 nitrogen and oxygen atoms in total. The van der Waals surface area contributed by atoms with E-state index in [0.29, 0.717) is 6.04 Å². The van der Waals surface area contributed by atoms with Crippen LogP contribution >= 0.6 is 0 Å². The maximum Gasteiger partial charge on any atom is 0.127 e. The highest BCUT2D eigenvalue weighted by atomic mass is 16.5. The van der Waals surface area contributed by atoms with Crippen molar-refractivity contribution in [2.45, 2.75) is 39.7 Å². The molecule has 0 spiro atoms. The van der Waals surface area contributed by atoms with E-state index in [9.17, 15) is 0 Å². The van der Waals surface area contributed by atoms with Gasteiger partial charge in [-0.3, -0.25) is 0 Å². The van der Waals surface area contributed by atoms with Gasteiger partial charge in [-0.05, 0) is 56.4 Å². The zero-order chi connectivity index (χ0) is 14.8. The summed E-state index contributed by atoms with van der Waals surface area (Å²) in [5.41, 5.74) is 6.40. The molecular weight excluding hydrogens is 258 g/mol. The van der Waals surface area contributed by atoms with Gasteiger partial charge in [-0.25, -0.2) is 0 Å². The quantitative estimate of drug-likeness (QED) is 0.842. The van der Waals surface area contributed by atoms with Gasteiger partial charge in [-0.15, -0.1) is 0 Å². The smallest absolute Gasteiger partial charge is 0.127 e. The molecule has 0 amide bonds. The van der Waals surface area contributed by atoms with Crippen LogP contribution in [-0.4, -0.2) is 6.61 Å². The van der Waals surface area contributed by atoms with Crippen molar-refractivity contribution in [1.82, 2.24) is 0 Å². The molecule has 110 valence electrons. The van der Waals surface area contributed by atoms with Crippen molar-refractivity contribution in [2.24, 2.45) is 0 Å². The third-order valence-corrected chi connectivity index (χ3v) is 4.44. The fraction of sp³-hybridized carbons (Fsp3) is 0.368. The van der Waals surface area contributed by atoms with Crippen LogP contribution in [0.4, 0.5) is 5.69 Å². The molecule has 0 saturated heterocycles. The summed E-state index contributed by atoms with van der Waals surface area (Å²) in [4.78, 5) is 0. The van der Waals surface area contributed by atoms with Crippen molar-refractivity contribution in [2.75, 3.05) is 11.9 Å². The Hall–Kier alpha value is -1.96. The summed E-state index contributed by atoms with van der Waals surface area (Å²) in [6.07, 6.45) is 2.18. The molecule has 2 aromatic carbocycles. The molecule has 0 radical (unpaired) electrons. The Labute approximate surface area is 127 Å². The summed E-state index contributed by atoms with van der Waals surface area (Å²) in [6.45, 7) is 7.28. The van der Waals surface area contributed by atoms with Crippen LogP contribution in [0.3, 0.4) is 0 Å². The van der Waals surface area contributed by atoms with Crippen LogP contribution in [-0.2, 0) is 0 Å². The lowest BCUT2D eigenvalue weighted by atomic mass is 9.98. The number of hydrogen-bond donors (Lipinski definition) is 1. The van der Waals surface area contributed by atoms with Gasteiger partial charge < -0.3 is 10.1 Å². The lowest BCUT2D eigenvalue weighted by molar-refractivity contribution is 0.314. The molecule has 1 atom stereocenters. The second-order valence-corrected chi connectivity index (χ2v) is 5.93. The van der Waals surface area contributed by atoms with Crippen molar-refractivity contribution in [1.29, 1.82) is 0 Å². The minimum atomic E-state index is 0.322. The fourth-order valence-electron chi connectivity index (χ4n) is 3.01. The van der Waals surface area contributed by atoms with Crippen LogP contribution < -0.4 is 10.1 Å². The second-order valence-electron chi connectivity index (χ2n) is 5.93. The topological polar surface area (TPSA) is 21.3 Å². The second kappa shape index (κ2) is 5.80. The summed E-state index contributed by atoms with van der Waals surface area (Å²) in [5.74, 6) is 1.07. The number of aryl methyl sites for hydroxylation is 2. The standard InChI is InChI=1S/C19H23NO/c1-13-7-5-10-17(15(13)3)20-18-11-6-12-21-19-14(2)8-4-9-16(18)19/h4-5,7-10,18,20H,6,11-12H2,1-3H3. The van der Waals surface area contributed by atoms with Gasteiger partial charge in [-0.2, -0.15) is 0 Å². The predicted octanol–water partition coefficient (Wildman–Crippen LogP) is 4.94. The molecule has 21 heavy (non-hydrogen) atoms. The van der Waals surface area contributed by atoms with E-state index >= 15 is 0 Å². The minimum absolute atomic E-state index is 0.322. The van der Waals surface area contributed by atoms with Crippen molar-refractivity contribution in [3.05, 3.63) is 58.7 Å². The molecule has 1 N–H and O–H groups in total. The van der Waals surface area contributed by atoms with Crippen LogP contribution in [0.5, 0.6) is 5.75 Å². The number of nitrogens with one attached hydrogen (secondary N) is 1. The molecule has 0 aromatic heterocycles. The Morgan fingerprint density at radius 1 is 1.00 bits per heavy atom. The average molecular weight is 281 g/mol. The normalized spacial score (nSPS) is 17.6. The van der Waals surface area contributed by atoms with Crippen LogP contribution in [0.15, 0.2) is 36.4 Å². The van der Waals surface area contributed by atoms with Gasteiger partial charge in [-0.1, -0.05) is 30.3 Å². The van der Waals surface area contributed by atoms with Crippen molar-refractivity contribution in [3.8, 4) is 5.75 Å². The molecule has 0 saturated carbocycles. The van der Waals surface area contributed by atoms with Crippen LogP contribution in [0.1, 0.15) is 41.1 Å². The number of hydrogen-bond acceptors (Lipinski definition) is 2. The Morgan fingerprint density at radius 3 is 2.62 bits per heavy atom. The van der Waals surface area contributed by atoms with Crippen molar-refractivity contribution >= 4 is 5.69 Å². The largest absolute Gasteiger partial charge is 0.493 e. The van der Waals surface area contributed by atoms with Crippen LogP contribution in [0.2, 0.25) is 0 Å². The Balaban J connectivity index is 1.96. The zero-order valence-electron chi connectivity index (χ0n) is 13.1. The first kappa shape index (κ1) is 14.0. The highest BCUT2D eigenvalue weighted by molar-refractivity contribution is 5.56. The van der Waals surface area contributed by atoms with Gasteiger partial charge in [0.15, 0.2) is 0 Å². The number of para-hydroxylation sites is 1. The molecule has 1 aliphatic rings. The highest BCUT2D eigenvalue weighted by Gasteiger charge is 2.21. The van der Waals surface area contributed by atoms with E-state index in [-0.39, 0.29) is 0 Å². The molecule has 1 unspecified atom stereocenters. The summed E-state index contributed by atoms with van der Waals surface area (Å²) < 4.78 is 5.96. The van der Waals surface area contributed by atoms with Gasteiger partial charge in [0.2, 0.25) is 0 Å². The molecule has 0 aliphatic carbocycles. The van der Waals surface area contributed by atoms with Gasteiger partial charge >= 0.3 is 0 Å². The van der Waals surface area contributed by atoms with Crippen molar-refractivity contribution < 1.29 is 4.74 Å². The molecule has 1 heterocycles. The third-order valence-electron chi connectivity index (χ3n) is 4.44. The number of ether oxygens (including phenoxy) is 1. The van der Waals surface area contributed by atoms with E-state index in [1.165, 1.54) is 27.9 Å². The maximum absolute atomic E-state index is 5.96. The van der Waals surface area contributed by atoms with Crippen LogP contribution in [0, 0.1) is 20.8 Å². The summed E-state index contributed by atoms with van der Waals surface area (Å²) in [6, 6.07) is 13.2. The average Bonchev–Trinajstić information content (AvgIpc) is 2.68. The SMILES string of the molecule is Cc1cccc(NC2CCCOc3c(C)cccc32)c1C. The van der Waals surface area contributed by atoms with Gasteiger partial charge in [0.1, 0.15) is 5.75 Å². The zero-order valence-corrected chi connectivity index (χ0v) is 13.1. The van der Waals surface area contributed by atoms with E-state index in [1.54, 1.807) is 0 Å². The highest BCUT2D eigenvalue weighted by Crippen LogP contribution is 2.36. The maximum atomic E-state index is 5.96. The van der Waals surface area contributed by atoms with Gasteiger partial charge in [0.05, 0.1) is 12.6 Å². The molecule has 1 aliphatic heterocycles. The number of anilines is 1. The first-order valence-corrected chi connectivity index (χ1v) is 7.72. The Kier molecular flexibility index (Phi) is 3.87. The molecule has 3 rings (SSSR count). The molecule has 0 bridgehead atoms. The molecule has 2 heteroatoms. The predicted molar refractivity (Wildman–Crippen MR) is 88.2 cm³/mol. The molecule has 0 fully saturated rings. The third kappa shape index (κ3) is 2.76. The summed E-state index contributed by atoms with van der Waals surface area (Å²) in [7, 11) is 0. The fourth-order valence-corrected chi connectivity index (χ4v) is 3.01. The number of fused-ring (bicyclic) bond motifs is 1. The first-order chi connectivity index (χ1) is 10.2. The van der Waals surface area contributed by atoms with E-state index in [0.717, 1.165) is 25.2 Å². The van der Waals surface area contributed by atoms with E-state index in [1.807, 2.05) is 0 Å². The van der Waals surface area contributed by atoms with Crippen LogP contribution in [0.25, 0.3) is 0 Å². The lowest BCUT2D eigenvalue weighted by Gasteiger charge is -2.22. The van der Waals surface area contributed by atoms with E-state index in [4.69, 9.17) is 4.74 Å². The van der Waals surface area contributed by atoms with Gasteiger partial charge in [0, 0.05) is 11.3 Å². The molecule has 2 aromatic rings. The summed E-state index contributed by atoms with van der Waals surface area (Å²) in [5, 5.41) is 3.73. The lowest BCUT2D eigenvalue weighted by Crippen LogP contribution is -2.11. The summed E-state index contributed by atoms with van der Waals surface area (Å²) >= 11 is 0. The minimum Gasteiger partial charge on any atom is -0.493 e. The number of rotatable bonds is 2. The monoisotopic (exact) mass is 281 g/mol. The van der Waals surface area contributed by atoms with E-state index in [2.05, 4.69) is 62.5 Å². The number of benzene rings is 2. The van der Waals surface area contributed by atoms with Gasteiger partial charge in [0.25, 0.3) is 0 Å². The first-order valence-electron chi connectivity index (χ1n) is 7.72. The van der Waals surface area contributed by atoms with Crippen molar-refractivity contribution in [3.63, 3.8) is 0 Å². The molecular formula is C19H23NO.